The third-order valence-corrected chi connectivity index (χ3v) is 3.21. The van der Waals surface area contributed by atoms with E-state index in [0.29, 0.717) is 5.92 Å². The molecular formula is C13H27ClN2O. The summed E-state index contributed by atoms with van der Waals surface area (Å²) >= 11 is 0. The largest absolute Gasteiger partial charge is 0.341 e. The number of nitrogens with two attached hydrogens (primary N) is 1. The van der Waals surface area contributed by atoms with E-state index in [4.69, 9.17) is 5.73 Å². The Morgan fingerprint density at radius 2 is 1.59 bits per heavy atom. The van der Waals surface area contributed by atoms with Crippen molar-refractivity contribution < 1.29 is 4.79 Å². The predicted molar refractivity (Wildman–Crippen MR) is 74.3 cm³/mol. The highest BCUT2D eigenvalue weighted by Crippen LogP contribution is 2.13. The molecule has 1 rings (SSSR count). The monoisotopic (exact) mass is 262 g/mol. The van der Waals surface area contributed by atoms with Crippen molar-refractivity contribution in [1.29, 1.82) is 0 Å². The van der Waals surface area contributed by atoms with E-state index in [2.05, 4.69) is 13.8 Å². The van der Waals surface area contributed by atoms with Crippen LogP contribution in [0.25, 0.3) is 0 Å². The van der Waals surface area contributed by atoms with E-state index in [1.165, 1.54) is 19.3 Å². The van der Waals surface area contributed by atoms with Crippen LogP contribution < -0.4 is 5.73 Å². The van der Waals surface area contributed by atoms with Gasteiger partial charge in [0, 0.05) is 13.1 Å². The molecule has 1 aliphatic rings. The molecule has 1 saturated heterocycles. The van der Waals surface area contributed by atoms with Crippen LogP contribution in [-0.2, 0) is 4.79 Å². The highest BCUT2D eigenvalue weighted by Gasteiger charge is 2.21. The van der Waals surface area contributed by atoms with E-state index in [9.17, 15) is 4.79 Å². The van der Waals surface area contributed by atoms with E-state index in [-0.39, 0.29) is 24.4 Å². The Bertz CT molecular complexity index is 213. The van der Waals surface area contributed by atoms with Gasteiger partial charge in [0.15, 0.2) is 0 Å². The summed E-state index contributed by atoms with van der Waals surface area (Å²) in [6.07, 6.45) is 6.90. The second-order valence-corrected chi connectivity index (χ2v) is 5.33. The number of nitrogens with zero attached hydrogens (tertiary/aromatic N) is 1. The van der Waals surface area contributed by atoms with E-state index in [1.807, 2.05) is 4.90 Å². The maximum absolute atomic E-state index is 12.1. The number of carbonyl (C=O) groups is 1. The van der Waals surface area contributed by atoms with Gasteiger partial charge in [-0.05, 0) is 25.2 Å². The van der Waals surface area contributed by atoms with E-state index >= 15 is 0 Å². The first-order valence-corrected chi connectivity index (χ1v) is 6.65. The van der Waals surface area contributed by atoms with Crippen LogP contribution in [0.3, 0.4) is 0 Å². The van der Waals surface area contributed by atoms with E-state index in [0.717, 1.165) is 32.4 Å². The van der Waals surface area contributed by atoms with Crippen LogP contribution in [0.1, 0.15) is 52.4 Å². The van der Waals surface area contributed by atoms with Gasteiger partial charge >= 0.3 is 0 Å². The molecule has 0 aromatic carbocycles. The number of amides is 1. The Hall–Kier alpha value is -0.280. The SMILES string of the molecule is CC(C)C[C@H](N)C(=O)N1CCCCCCC1.Cl. The van der Waals surface area contributed by atoms with Gasteiger partial charge in [-0.2, -0.15) is 0 Å². The van der Waals surface area contributed by atoms with Crippen molar-refractivity contribution in [2.45, 2.75) is 58.4 Å². The van der Waals surface area contributed by atoms with Crippen LogP contribution >= 0.6 is 12.4 Å². The van der Waals surface area contributed by atoms with Gasteiger partial charge in [0.05, 0.1) is 6.04 Å². The molecule has 0 aromatic heterocycles. The van der Waals surface area contributed by atoms with Gasteiger partial charge in [0.25, 0.3) is 0 Å². The number of hydrogen-bond donors (Lipinski definition) is 1. The topological polar surface area (TPSA) is 46.3 Å². The molecule has 2 N–H and O–H groups in total. The molecule has 1 amide bonds. The van der Waals surface area contributed by atoms with Crippen LogP contribution in [-0.4, -0.2) is 29.9 Å². The number of halogens is 1. The lowest BCUT2D eigenvalue weighted by molar-refractivity contribution is -0.133. The Morgan fingerprint density at radius 1 is 1.12 bits per heavy atom. The summed E-state index contributed by atoms with van der Waals surface area (Å²) in [6, 6.07) is -0.292. The Balaban J connectivity index is 0.00000256. The molecule has 17 heavy (non-hydrogen) atoms. The average molecular weight is 263 g/mol. The van der Waals surface area contributed by atoms with Crippen molar-refractivity contribution in [1.82, 2.24) is 4.90 Å². The first-order chi connectivity index (χ1) is 7.61. The summed E-state index contributed by atoms with van der Waals surface area (Å²) in [4.78, 5) is 14.1. The molecule has 1 atom stereocenters. The lowest BCUT2D eigenvalue weighted by Gasteiger charge is -2.28. The molecule has 102 valence electrons. The fraction of sp³-hybridized carbons (Fsp3) is 0.923. The van der Waals surface area contributed by atoms with Crippen molar-refractivity contribution in [2.24, 2.45) is 11.7 Å². The second kappa shape index (κ2) is 8.76. The standard InChI is InChI=1S/C13H26N2O.ClH/c1-11(2)10-12(14)13(16)15-8-6-4-3-5-7-9-15;/h11-12H,3-10,14H2,1-2H3;1H/t12-;/m0./s1. The zero-order chi connectivity index (χ0) is 12.0. The molecule has 0 aromatic rings. The molecule has 1 heterocycles. The van der Waals surface area contributed by atoms with Gasteiger partial charge in [-0.25, -0.2) is 0 Å². The predicted octanol–water partition coefficient (Wildman–Crippen LogP) is 2.57. The number of carbonyl (C=O) groups excluding carboxylic acids is 1. The zero-order valence-electron chi connectivity index (χ0n) is 11.2. The van der Waals surface area contributed by atoms with Crippen molar-refractivity contribution in [3.8, 4) is 0 Å². The minimum Gasteiger partial charge on any atom is -0.341 e. The summed E-state index contributed by atoms with van der Waals surface area (Å²) in [5, 5.41) is 0. The molecule has 0 radical (unpaired) electrons. The molecule has 0 bridgehead atoms. The third kappa shape index (κ3) is 6.27. The molecule has 1 aliphatic heterocycles. The lowest BCUT2D eigenvalue weighted by Crippen LogP contribution is -2.45. The zero-order valence-corrected chi connectivity index (χ0v) is 12.0. The normalized spacial score (nSPS) is 19.2. The van der Waals surface area contributed by atoms with Gasteiger partial charge in [-0.3, -0.25) is 4.79 Å². The summed E-state index contributed by atoms with van der Waals surface area (Å²) in [7, 11) is 0. The van der Waals surface area contributed by atoms with Crippen molar-refractivity contribution in [3.05, 3.63) is 0 Å². The highest BCUT2D eigenvalue weighted by atomic mass is 35.5. The van der Waals surface area contributed by atoms with Gasteiger partial charge in [0.2, 0.25) is 5.91 Å². The molecule has 3 nitrogen and oxygen atoms in total. The maximum atomic E-state index is 12.1. The van der Waals surface area contributed by atoms with Crippen LogP contribution in [0.2, 0.25) is 0 Å². The average Bonchev–Trinajstić information content (AvgIpc) is 2.15. The summed E-state index contributed by atoms with van der Waals surface area (Å²) < 4.78 is 0. The third-order valence-electron chi connectivity index (χ3n) is 3.21. The quantitative estimate of drug-likeness (QED) is 0.850. The lowest BCUT2D eigenvalue weighted by atomic mass is 10.0. The smallest absolute Gasteiger partial charge is 0.239 e. The van der Waals surface area contributed by atoms with Crippen LogP contribution in [0, 0.1) is 5.92 Å². The van der Waals surface area contributed by atoms with Gasteiger partial charge in [-0.1, -0.05) is 33.1 Å². The van der Waals surface area contributed by atoms with Crippen LogP contribution in [0.15, 0.2) is 0 Å². The maximum Gasteiger partial charge on any atom is 0.239 e. The van der Waals surface area contributed by atoms with Crippen LogP contribution in [0.5, 0.6) is 0 Å². The minimum atomic E-state index is -0.292. The van der Waals surface area contributed by atoms with E-state index in [1.54, 1.807) is 0 Å². The summed E-state index contributed by atoms with van der Waals surface area (Å²) in [5.41, 5.74) is 5.95. The van der Waals surface area contributed by atoms with Crippen LogP contribution in [0.4, 0.5) is 0 Å². The Kier molecular flexibility index (Phi) is 8.61. The first kappa shape index (κ1) is 16.7. The van der Waals surface area contributed by atoms with Gasteiger partial charge in [-0.15, -0.1) is 12.4 Å². The van der Waals surface area contributed by atoms with Crippen molar-refractivity contribution >= 4 is 18.3 Å². The second-order valence-electron chi connectivity index (χ2n) is 5.33. The molecule has 0 aliphatic carbocycles. The molecule has 0 saturated carbocycles. The number of likely N-dealkylation sites (tertiary alicyclic amines) is 1. The van der Waals surface area contributed by atoms with Gasteiger partial charge in [0.1, 0.15) is 0 Å². The molecule has 0 unspecified atom stereocenters. The Labute approximate surface area is 112 Å². The van der Waals surface area contributed by atoms with Crippen molar-refractivity contribution in [2.75, 3.05) is 13.1 Å². The summed E-state index contributed by atoms with van der Waals surface area (Å²) in [5.74, 6) is 0.657. The number of rotatable bonds is 3. The summed E-state index contributed by atoms with van der Waals surface area (Å²) in [6.45, 7) is 6.04. The molecule has 0 spiro atoms. The first-order valence-electron chi connectivity index (χ1n) is 6.65. The molecule has 1 fully saturated rings. The molecule has 4 heteroatoms. The van der Waals surface area contributed by atoms with E-state index < -0.39 is 0 Å². The van der Waals surface area contributed by atoms with Crippen molar-refractivity contribution in [3.63, 3.8) is 0 Å². The number of hydrogen-bond acceptors (Lipinski definition) is 2. The fourth-order valence-electron chi connectivity index (χ4n) is 2.31. The highest BCUT2D eigenvalue weighted by molar-refractivity contribution is 5.85. The van der Waals surface area contributed by atoms with Gasteiger partial charge < -0.3 is 10.6 Å². The fourth-order valence-corrected chi connectivity index (χ4v) is 2.31. The Morgan fingerprint density at radius 3 is 2.06 bits per heavy atom. The molecular weight excluding hydrogens is 236 g/mol. The minimum absolute atomic E-state index is 0.